The van der Waals surface area contributed by atoms with Gasteiger partial charge in [-0.05, 0) is 31.2 Å². The largest absolute Gasteiger partial charge is 0.458 e. The van der Waals surface area contributed by atoms with E-state index in [1.165, 1.54) is 10.7 Å². The average molecular weight is 346 g/mol. The highest BCUT2D eigenvalue weighted by Gasteiger charge is 2.25. The molecule has 6 nitrogen and oxygen atoms in total. The summed E-state index contributed by atoms with van der Waals surface area (Å²) in [5, 5.41) is 7.65. The number of ether oxygens (including phenoxy) is 1. The Balaban J connectivity index is 1.82. The van der Waals surface area contributed by atoms with E-state index in [-0.39, 0.29) is 6.10 Å². The number of morpholine rings is 1. The van der Waals surface area contributed by atoms with E-state index < -0.39 is 11.6 Å². The molecular weight excluding hydrogens is 330 g/mol. The van der Waals surface area contributed by atoms with Crippen LogP contribution in [0.1, 0.15) is 17.7 Å². The fourth-order valence-electron chi connectivity index (χ4n) is 2.73. The first kappa shape index (κ1) is 15.9. The molecule has 1 N–H and O–H groups in total. The van der Waals surface area contributed by atoms with Crippen LogP contribution in [-0.2, 0) is 4.74 Å². The predicted molar refractivity (Wildman–Crippen MR) is 85.3 cm³/mol. The lowest BCUT2D eigenvalue weighted by molar-refractivity contribution is 0.0208. The van der Waals surface area contributed by atoms with Crippen LogP contribution in [0.4, 0.5) is 8.78 Å². The molecule has 4 rings (SSSR count). The maximum Gasteiger partial charge on any atom is 0.217 e. The molecule has 130 valence electrons. The molecule has 3 heterocycles. The predicted octanol–water partition coefficient (Wildman–Crippen LogP) is 2.77. The zero-order valence-corrected chi connectivity index (χ0v) is 13.5. The monoisotopic (exact) mass is 346 g/mol. The number of halogens is 2. The number of hydrogen-bond donors (Lipinski definition) is 1. The molecule has 0 saturated carbocycles. The van der Waals surface area contributed by atoms with Crippen LogP contribution in [0.3, 0.4) is 0 Å². The lowest BCUT2D eigenvalue weighted by Gasteiger charge is -2.23. The second kappa shape index (κ2) is 6.38. The summed E-state index contributed by atoms with van der Waals surface area (Å²) in [4.78, 5) is 4.52. The first-order valence-electron chi connectivity index (χ1n) is 7.93. The van der Waals surface area contributed by atoms with Crippen molar-refractivity contribution in [3.63, 3.8) is 0 Å². The minimum atomic E-state index is -0.947. The van der Waals surface area contributed by atoms with Crippen molar-refractivity contribution in [2.45, 2.75) is 13.0 Å². The van der Waals surface area contributed by atoms with E-state index in [4.69, 9.17) is 9.15 Å². The van der Waals surface area contributed by atoms with Crippen LogP contribution >= 0.6 is 0 Å². The van der Waals surface area contributed by atoms with Gasteiger partial charge in [0.15, 0.2) is 23.2 Å². The third kappa shape index (κ3) is 3.06. The third-order valence-electron chi connectivity index (χ3n) is 3.96. The molecule has 2 aromatic heterocycles. The Morgan fingerprint density at radius 3 is 2.76 bits per heavy atom. The van der Waals surface area contributed by atoms with E-state index in [1.807, 2.05) is 13.0 Å². The Hall–Kier alpha value is -2.58. The number of aryl methyl sites for hydroxylation is 1. The first-order valence-corrected chi connectivity index (χ1v) is 7.93. The first-order chi connectivity index (χ1) is 12.1. The van der Waals surface area contributed by atoms with Gasteiger partial charge >= 0.3 is 0 Å². The summed E-state index contributed by atoms with van der Waals surface area (Å²) in [6, 6.07) is 7.17. The SMILES string of the molecule is Cc1ccc(-c2nc([C@@H]3CNCCO3)n(-c3ccc(F)c(F)c3)n2)o1. The topological polar surface area (TPSA) is 65.1 Å². The van der Waals surface area contributed by atoms with E-state index in [0.717, 1.165) is 24.4 Å². The normalized spacial score (nSPS) is 17.8. The van der Waals surface area contributed by atoms with Crippen molar-refractivity contribution in [2.24, 2.45) is 0 Å². The van der Waals surface area contributed by atoms with Gasteiger partial charge in [0, 0.05) is 19.2 Å². The third-order valence-corrected chi connectivity index (χ3v) is 3.96. The lowest BCUT2D eigenvalue weighted by atomic mass is 10.2. The molecular formula is C17H16F2N4O2. The van der Waals surface area contributed by atoms with Crippen molar-refractivity contribution < 1.29 is 17.9 Å². The van der Waals surface area contributed by atoms with Gasteiger partial charge < -0.3 is 14.5 Å². The van der Waals surface area contributed by atoms with Crippen molar-refractivity contribution >= 4 is 0 Å². The molecule has 0 unspecified atom stereocenters. The fourth-order valence-corrected chi connectivity index (χ4v) is 2.73. The van der Waals surface area contributed by atoms with Crippen LogP contribution in [0.2, 0.25) is 0 Å². The van der Waals surface area contributed by atoms with Gasteiger partial charge in [-0.3, -0.25) is 0 Å². The van der Waals surface area contributed by atoms with Crippen LogP contribution < -0.4 is 5.32 Å². The van der Waals surface area contributed by atoms with Crippen molar-refractivity contribution in [3.05, 3.63) is 53.6 Å². The zero-order chi connectivity index (χ0) is 17.4. The molecule has 1 aromatic carbocycles. The molecule has 8 heteroatoms. The number of benzene rings is 1. The van der Waals surface area contributed by atoms with E-state index in [1.54, 1.807) is 6.07 Å². The molecule has 25 heavy (non-hydrogen) atoms. The number of furan rings is 1. The summed E-state index contributed by atoms with van der Waals surface area (Å²) in [6.07, 6.45) is -0.348. The van der Waals surface area contributed by atoms with Crippen LogP contribution in [-0.4, -0.2) is 34.5 Å². The van der Waals surface area contributed by atoms with Crippen molar-refractivity contribution in [1.29, 1.82) is 0 Å². The van der Waals surface area contributed by atoms with Gasteiger partial charge in [0.25, 0.3) is 0 Å². The standard InChI is InChI=1S/C17H16F2N4O2/c1-10-2-5-14(25-10)16-21-17(15-9-20-6-7-24-15)23(22-16)11-3-4-12(18)13(19)8-11/h2-5,8,15,20H,6-7,9H2,1H3/t15-/m0/s1. The maximum atomic E-state index is 13.7. The summed E-state index contributed by atoms with van der Waals surface area (Å²) in [6.45, 7) is 3.66. The van der Waals surface area contributed by atoms with E-state index in [9.17, 15) is 8.78 Å². The minimum absolute atomic E-state index is 0.348. The number of hydrogen-bond acceptors (Lipinski definition) is 5. The summed E-state index contributed by atoms with van der Waals surface area (Å²) in [5.74, 6) is 0.240. The molecule has 1 atom stereocenters. The second-order valence-electron chi connectivity index (χ2n) is 5.78. The zero-order valence-electron chi connectivity index (χ0n) is 13.5. The number of nitrogens with one attached hydrogen (secondary N) is 1. The Bertz CT molecular complexity index is 900. The molecule has 1 fully saturated rings. The van der Waals surface area contributed by atoms with E-state index in [0.29, 0.717) is 36.2 Å². The van der Waals surface area contributed by atoms with Crippen molar-refractivity contribution in [2.75, 3.05) is 19.7 Å². The van der Waals surface area contributed by atoms with Crippen LogP contribution in [0.15, 0.2) is 34.7 Å². The second-order valence-corrected chi connectivity index (χ2v) is 5.78. The van der Waals surface area contributed by atoms with Crippen LogP contribution in [0.25, 0.3) is 17.3 Å². The van der Waals surface area contributed by atoms with Gasteiger partial charge in [-0.1, -0.05) is 0 Å². The Morgan fingerprint density at radius 1 is 1.20 bits per heavy atom. The Labute approximate surface area is 142 Å². The molecule has 1 aliphatic rings. The molecule has 1 aliphatic heterocycles. The number of nitrogens with zero attached hydrogens (tertiary/aromatic N) is 3. The summed E-state index contributed by atoms with van der Waals surface area (Å²) >= 11 is 0. The molecule has 0 spiro atoms. The average Bonchev–Trinajstić information content (AvgIpc) is 3.24. The quantitative estimate of drug-likeness (QED) is 0.790. The molecule has 0 amide bonds. The maximum absolute atomic E-state index is 13.7. The van der Waals surface area contributed by atoms with Gasteiger partial charge in [-0.2, -0.15) is 0 Å². The molecule has 0 bridgehead atoms. The van der Waals surface area contributed by atoms with Gasteiger partial charge in [0.05, 0.1) is 12.3 Å². The van der Waals surface area contributed by atoms with Gasteiger partial charge in [-0.15, -0.1) is 5.10 Å². The minimum Gasteiger partial charge on any atom is -0.458 e. The van der Waals surface area contributed by atoms with Gasteiger partial charge in [-0.25, -0.2) is 18.4 Å². The highest BCUT2D eigenvalue weighted by molar-refractivity contribution is 5.48. The molecule has 3 aromatic rings. The molecule has 0 radical (unpaired) electrons. The van der Waals surface area contributed by atoms with Gasteiger partial charge in [0.1, 0.15) is 11.9 Å². The number of rotatable bonds is 3. The van der Waals surface area contributed by atoms with Crippen LogP contribution in [0, 0.1) is 18.6 Å². The Kier molecular flexibility index (Phi) is 4.06. The summed E-state index contributed by atoms with van der Waals surface area (Å²) in [7, 11) is 0. The van der Waals surface area contributed by atoms with Gasteiger partial charge in [0.2, 0.25) is 5.82 Å². The van der Waals surface area contributed by atoms with Crippen molar-refractivity contribution in [1.82, 2.24) is 20.1 Å². The number of aromatic nitrogens is 3. The summed E-state index contributed by atoms with van der Waals surface area (Å²) in [5.41, 5.74) is 0.366. The highest BCUT2D eigenvalue weighted by Crippen LogP contribution is 2.26. The fraction of sp³-hybridized carbons (Fsp3) is 0.294. The summed E-state index contributed by atoms with van der Waals surface area (Å²) < 4.78 is 39.7. The van der Waals surface area contributed by atoms with Crippen LogP contribution in [0.5, 0.6) is 0 Å². The molecule has 0 aliphatic carbocycles. The Morgan fingerprint density at radius 2 is 2.08 bits per heavy atom. The highest BCUT2D eigenvalue weighted by atomic mass is 19.2. The van der Waals surface area contributed by atoms with E-state index >= 15 is 0 Å². The van der Waals surface area contributed by atoms with Crippen molar-refractivity contribution in [3.8, 4) is 17.3 Å². The van der Waals surface area contributed by atoms with E-state index in [2.05, 4.69) is 15.4 Å². The lowest BCUT2D eigenvalue weighted by Crippen LogP contribution is -2.34. The smallest absolute Gasteiger partial charge is 0.217 e. The molecule has 1 saturated heterocycles.